The van der Waals surface area contributed by atoms with Crippen molar-refractivity contribution in [2.75, 3.05) is 7.05 Å². The van der Waals surface area contributed by atoms with Gasteiger partial charge in [-0.05, 0) is 6.08 Å². The SMILES string of the molecule is C1=CNC=CN=C1.CNS(=O)(=O)Cl. The second-order valence-electron chi connectivity index (χ2n) is 1.78. The van der Waals surface area contributed by atoms with Crippen molar-refractivity contribution in [3.63, 3.8) is 0 Å². The Balaban J connectivity index is 0.000000226. The largest absolute Gasteiger partial charge is 0.366 e. The Bertz CT molecular complexity index is 294. The van der Waals surface area contributed by atoms with Crippen molar-refractivity contribution < 1.29 is 8.42 Å². The Hall–Kier alpha value is -0.850. The Morgan fingerprint density at radius 2 is 2.08 bits per heavy atom. The van der Waals surface area contributed by atoms with Crippen molar-refractivity contribution in [1.29, 1.82) is 0 Å². The monoisotopic (exact) mass is 223 g/mol. The Morgan fingerprint density at radius 3 is 2.62 bits per heavy atom. The molecule has 7 heteroatoms. The van der Waals surface area contributed by atoms with Crippen molar-refractivity contribution in [2.24, 2.45) is 4.99 Å². The first kappa shape index (κ1) is 12.2. The molecular formula is C6H10ClN3O2S. The number of rotatable bonds is 1. The first-order valence-electron chi connectivity index (χ1n) is 3.29. The standard InChI is InChI=1S/C5H6N2.CH4ClNO2S/c1-2-6-4-5-7-3-1;1-3-6(2,4)5/h1-6H;3H,1H3. The normalized spacial score (nSPS) is 14.0. The van der Waals surface area contributed by atoms with Gasteiger partial charge in [0.05, 0.1) is 0 Å². The fraction of sp³-hybridized carbons (Fsp3) is 0.167. The predicted molar refractivity (Wildman–Crippen MR) is 53.7 cm³/mol. The predicted octanol–water partition coefficient (Wildman–Crippen LogP) is 0.335. The van der Waals surface area contributed by atoms with Crippen LogP contribution in [0.1, 0.15) is 0 Å². The van der Waals surface area contributed by atoms with Crippen LogP contribution in [0.3, 0.4) is 0 Å². The van der Waals surface area contributed by atoms with Crippen molar-refractivity contribution in [3.05, 3.63) is 24.7 Å². The number of halogens is 1. The van der Waals surface area contributed by atoms with E-state index in [9.17, 15) is 8.42 Å². The molecule has 74 valence electrons. The molecule has 0 aromatic heterocycles. The molecule has 1 heterocycles. The van der Waals surface area contributed by atoms with Crippen LogP contribution in [0.25, 0.3) is 0 Å². The molecule has 0 amide bonds. The molecule has 0 atom stereocenters. The van der Waals surface area contributed by atoms with Gasteiger partial charge in [0.25, 0.3) is 9.24 Å². The number of aliphatic imine (C=N–C) groups is 1. The molecule has 2 N–H and O–H groups in total. The summed E-state index contributed by atoms with van der Waals surface area (Å²) >= 11 is 0. The van der Waals surface area contributed by atoms with Crippen LogP contribution >= 0.6 is 10.7 Å². The van der Waals surface area contributed by atoms with Crippen LogP contribution in [0.15, 0.2) is 29.7 Å². The summed E-state index contributed by atoms with van der Waals surface area (Å²) in [5.41, 5.74) is 0. The minimum atomic E-state index is -3.44. The average Bonchev–Trinajstić information content (AvgIpc) is 2.34. The molecule has 0 saturated carbocycles. The highest BCUT2D eigenvalue weighted by Crippen LogP contribution is 1.83. The summed E-state index contributed by atoms with van der Waals surface area (Å²) in [4.78, 5) is 3.82. The van der Waals surface area contributed by atoms with Crippen LogP contribution < -0.4 is 10.0 Å². The molecule has 5 nitrogen and oxygen atoms in total. The Kier molecular flexibility index (Phi) is 6.21. The smallest absolute Gasteiger partial charge is 0.297 e. The van der Waals surface area contributed by atoms with Crippen molar-refractivity contribution in [3.8, 4) is 0 Å². The highest BCUT2D eigenvalue weighted by molar-refractivity contribution is 8.12. The van der Waals surface area contributed by atoms with E-state index >= 15 is 0 Å². The first-order valence-corrected chi connectivity index (χ1v) is 5.59. The van der Waals surface area contributed by atoms with E-state index in [2.05, 4.69) is 21.0 Å². The van der Waals surface area contributed by atoms with E-state index in [0.29, 0.717) is 0 Å². The molecule has 0 radical (unpaired) electrons. The van der Waals surface area contributed by atoms with Gasteiger partial charge in [0.1, 0.15) is 0 Å². The summed E-state index contributed by atoms with van der Waals surface area (Å²) in [6, 6.07) is 0. The van der Waals surface area contributed by atoms with Gasteiger partial charge in [0, 0.05) is 42.5 Å². The van der Waals surface area contributed by atoms with Crippen LogP contribution in [0, 0.1) is 0 Å². The van der Waals surface area contributed by atoms with E-state index < -0.39 is 9.24 Å². The van der Waals surface area contributed by atoms with Gasteiger partial charge in [-0.3, -0.25) is 4.99 Å². The van der Waals surface area contributed by atoms with Crippen molar-refractivity contribution >= 4 is 26.1 Å². The fourth-order valence-corrected chi connectivity index (χ4v) is 0.340. The van der Waals surface area contributed by atoms with Gasteiger partial charge < -0.3 is 5.32 Å². The quantitative estimate of drug-likeness (QED) is 0.630. The summed E-state index contributed by atoms with van der Waals surface area (Å²) < 4.78 is 21.2. The van der Waals surface area contributed by atoms with Gasteiger partial charge in [0.15, 0.2) is 0 Å². The van der Waals surface area contributed by atoms with E-state index in [-0.39, 0.29) is 0 Å². The highest BCUT2D eigenvalue weighted by Gasteiger charge is 1.92. The molecule has 0 aliphatic carbocycles. The number of hydrogen-bond acceptors (Lipinski definition) is 4. The van der Waals surface area contributed by atoms with E-state index in [4.69, 9.17) is 0 Å². The molecule has 1 aliphatic rings. The summed E-state index contributed by atoms with van der Waals surface area (Å²) in [5, 5.41) is 2.86. The zero-order chi connectivity index (χ0) is 10.2. The highest BCUT2D eigenvalue weighted by atomic mass is 35.7. The third kappa shape index (κ3) is 11.1. The van der Waals surface area contributed by atoms with Crippen LogP contribution in [0.2, 0.25) is 0 Å². The number of hydrogen-bond donors (Lipinski definition) is 2. The van der Waals surface area contributed by atoms with E-state index in [0.717, 1.165) is 0 Å². The van der Waals surface area contributed by atoms with Gasteiger partial charge in [0.2, 0.25) is 0 Å². The van der Waals surface area contributed by atoms with Crippen molar-refractivity contribution in [1.82, 2.24) is 10.0 Å². The lowest BCUT2D eigenvalue weighted by molar-refractivity contribution is 0.602. The minimum absolute atomic E-state index is 1.24. The lowest BCUT2D eigenvalue weighted by Crippen LogP contribution is -2.09. The number of nitrogens with one attached hydrogen (secondary N) is 2. The van der Waals surface area contributed by atoms with Crippen LogP contribution in [0.4, 0.5) is 0 Å². The molecule has 0 bridgehead atoms. The zero-order valence-corrected chi connectivity index (χ0v) is 8.51. The maximum Gasteiger partial charge on any atom is 0.297 e. The van der Waals surface area contributed by atoms with Gasteiger partial charge >= 0.3 is 0 Å². The first-order chi connectivity index (χ1) is 6.06. The molecule has 1 aliphatic heterocycles. The molecule has 0 unspecified atom stereocenters. The van der Waals surface area contributed by atoms with E-state index in [1.165, 1.54) is 7.05 Å². The van der Waals surface area contributed by atoms with Gasteiger partial charge in [-0.25, -0.2) is 4.72 Å². The maximum atomic E-state index is 9.65. The molecule has 1 rings (SSSR count). The number of allylic oxidation sites excluding steroid dienone is 1. The summed E-state index contributed by atoms with van der Waals surface area (Å²) in [6.45, 7) is 0. The molecule has 0 aromatic rings. The summed E-state index contributed by atoms with van der Waals surface area (Å²) in [5.74, 6) is 0. The topological polar surface area (TPSA) is 70.6 Å². The minimum Gasteiger partial charge on any atom is -0.366 e. The molecule has 13 heavy (non-hydrogen) atoms. The van der Waals surface area contributed by atoms with Crippen LogP contribution in [-0.2, 0) is 9.24 Å². The lowest BCUT2D eigenvalue weighted by Gasteiger charge is -1.81. The zero-order valence-electron chi connectivity index (χ0n) is 6.94. The Labute approximate surface area is 81.7 Å². The maximum absolute atomic E-state index is 9.65. The molecule has 0 fully saturated rings. The third-order valence-corrected chi connectivity index (χ3v) is 1.82. The second-order valence-corrected chi connectivity index (χ2v) is 4.28. The molecular weight excluding hydrogens is 214 g/mol. The average molecular weight is 224 g/mol. The van der Waals surface area contributed by atoms with Crippen LogP contribution in [-0.4, -0.2) is 21.7 Å². The second kappa shape index (κ2) is 6.64. The lowest BCUT2D eigenvalue weighted by atomic mass is 10.7. The van der Waals surface area contributed by atoms with E-state index in [1.54, 1.807) is 18.6 Å². The molecule has 0 saturated heterocycles. The fourth-order valence-electron chi connectivity index (χ4n) is 0.340. The summed E-state index contributed by atoms with van der Waals surface area (Å²) in [6.07, 6.45) is 8.82. The van der Waals surface area contributed by atoms with Crippen molar-refractivity contribution in [2.45, 2.75) is 0 Å². The number of nitrogens with zero attached hydrogens (tertiary/aromatic N) is 1. The van der Waals surface area contributed by atoms with Gasteiger partial charge in [-0.2, -0.15) is 8.42 Å². The Morgan fingerprint density at radius 1 is 1.46 bits per heavy atom. The van der Waals surface area contributed by atoms with E-state index in [1.807, 2.05) is 17.0 Å². The summed E-state index contributed by atoms with van der Waals surface area (Å²) in [7, 11) is 2.38. The van der Waals surface area contributed by atoms with Crippen LogP contribution in [0.5, 0.6) is 0 Å². The van der Waals surface area contributed by atoms with Gasteiger partial charge in [-0.15, -0.1) is 0 Å². The molecule has 0 aromatic carbocycles. The third-order valence-electron chi connectivity index (χ3n) is 0.865. The van der Waals surface area contributed by atoms with Gasteiger partial charge in [-0.1, -0.05) is 0 Å². The molecule has 0 spiro atoms.